The van der Waals surface area contributed by atoms with Crippen molar-refractivity contribution in [1.82, 2.24) is 4.31 Å². The van der Waals surface area contributed by atoms with Crippen molar-refractivity contribution in [1.29, 1.82) is 0 Å². The molecule has 0 unspecified atom stereocenters. The van der Waals surface area contributed by atoms with Crippen molar-refractivity contribution in [3.05, 3.63) is 77.6 Å². The van der Waals surface area contributed by atoms with E-state index < -0.39 is 21.8 Å². The summed E-state index contributed by atoms with van der Waals surface area (Å²) in [7, 11) is -2.22. The molecule has 184 valence electrons. The van der Waals surface area contributed by atoms with Crippen LogP contribution >= 0.6 is 11.6 Å². The monoisotopic (exact) mass is 518 g/mol. The Bertz CT molecular complexity index is 1310. The van der Waals surface area contributed by atoms with Crippen molar-refractivity contribution < 1.29 is 27.1 Å². The Morgan fingerprint density at radius 3 is 2.31 bits per heavy atom. The number of anilines is 1. The summed E-state index contributed by atoms with van der Waals surface area (Å²) < 4.78 is 51.5. The number of nitrogens with one attached hydrogen (secondary N) is 1. The van der Waals surface area contributed by atoms with E-state index in [1.165, 1.54) is 23.5 Å². The van der Waals surface area contributed by atoms with E-state index in [2.05, 4.69) is 5.32 Å². The predicted molar refractivity (Wildman–Crippen MR) is 131 cm³/mol. The molecule has 10 heteroatoms. The van der Waals surface area contributed by atoms with Crippen LogP contribution in [-0.2, 0) is 14.8 Å². The van der Waals surface area contributed by atoms with Gasteiger partial charge in [-0.3, -0.25) is 4.79 Å². The molecule has 35 heavy (non-hydrogen) atoms. The highest BCUT2D eigenvalue weighted by atomic mass is 35.5. The Labute approximate surface area is 208 Å². The minimum atomic E-state index is -3.75. The maximum atomic E-state index is 13.2. The molecule has 1 fully saturated rings. The Kier molecular flexibility index (Phi) is 7.59. The highest BCUT2D eigenvalue weighted by molar-refractivity contribution is 7.89. The Balaban J connectivity index is 1.44. The fraction of sp³-hybridized carbons (Fsp3) is 0.240. The third-order valence-electron chi connectivity index (χ3n) is 5.76. The molecule has 1 amide bonds. The molecular weight excluding hydrogens is 495 g/mol. The van der Waals surface area contributed by atoms with Crippen LogP contribution in [0.3, 0.4) is 0 Å². The van der Waals surface area contributed by atoms with Gasteiger partial charge in [-0.2, -0.15) is 4.31 Å². The van der Waals surface area contributed by atoms with Crippen molar-refractivity contribution in [2.75, 3.05) is 25.5 Å². The molecule has 3 aromatic rings. The number of amides is 1. The summed E-state index contributed by atoms with van der Waals surface area (Å²) in [6, 6.07) is 16.7. The second-order valence-electron chi connectivity index (χ2n) is 8.01. The van der Waals surface area contributed by atoms with Gasteiger partial charge in [-0.25, -0.2) is 12.8 Å². The zero-order valence-electron chi connectivity index (χ0n) is 18.9. The van der Waals surface area contributed by atoms with Crippen molar-refractivity contribution in [3.63, 3.8) is 0 Å². The molecule has 0 aliphatic carbocycles. The van der Waals surface area contributed by atoms with Gasteiger partial charge in [0.1, 0.15) is 5.82 Å². The van der Waals surface area contributed by atoms with E-state index in [0.29, 0.717) is 40.8 Å². The molecule has 1 aliphatic rings. The number of piperidine rings is 1. The summed E-state index contributed by atoms with van der Waals surface area (Å²) in [6.07, 6.45) is 0.686. The first-order valence-electron chi connectivity index (χ1n) is 10.9. The maximum Gasteiger partial charge on any atom is 0.243 e. The summed E-state index contributed by atoms with van der Waals surface area (Å²) in [5.74, 6) is 0.253. The molecule has 7 nitrogen and oxygen atoms in total. The molecule has 0 saturated carbocycles. The van der Waals surface area contributed by atoms with Gasteiger partial charge in [0.2, 0.25) is 15.9 Å². The Morgan fingerprint density at radius 2 is 1.66 bits per heavy atom. The van der Waals surface area contributed by atoms with Crippen LogP contribution in [0, 0.1) is 11.7 Å². The smallest absolute Gasteiger partial charge is 0.243 e. The molecule has 4 rings (SSSR count). The largest absolute Gasteiger partial charge is 0.493 e. The third kappa shape index (κ3) is 5.75. The molecule has 0 aromatic heterocycles. The third-order valence-corrected chi connectivity index (χ3v) is 7.91. The Morgan fingerprint density at radius 1 is 1.00 bits per heavy atom. The normalized spacial score (nSPS) is 14.9. The number of ether oxygens (including phenoxy) is 2. The predicted octanol–water partition coefficient (Wildman–Crippen LogP) is 5.32. The van der Waals surface area contributed by atoms with Gasteiger partial charge < -0.3 is 14.8 Å². The second-order valence-corrected chi connectivity index (χ2v) is 10.4. The molecule has 1 saturated heterocycles. The quantitative estimate of drug-likeness (QED) is 0.457. The van der Waals surface area contributed by atoms with Crippen molar-refractivity contribution >= 4 is 33.2 Å². The molecule has 0 atom stereocenters. The molecule has 0 bridgehead atoms. The molecule has 1 heterocycles. The van der Waals surface area contributed by atoms with Gasteiger partial charge in [0, 0.05) is 24.0 Å². The minimum absolute atomic E-state index is 0.0267. The number of para-hydroxylation sites is 2. The zero-order chi connectivity index (χ0) is 25.0. The first-order valence-corrected chi connectivity index (χ1v) is 12.8. The van der Waals surface area contributed by atoms with Gasteiger partial charge >= 0.3 is 0 Å². The van der Waals surface area contributed by atoms with Crippen LogP contribution in [0.15, 0.2) is 71.6 Å². The van der Waals surface area contributed by atoms with Gasteiger partial charge in [0.25, 0.3) is 0 Å². The van der Waals surface area contributed by atoms with Crippen LogP contribution in [0.2, 0.25) is 5.02 Å². The van der Waals surface area contributed by atoms with Crippen LogP contribution in [0.5, 0.6) is 17.2 Å². The average Bonchev–Trinajstić information content (AvgIpc) is 2.86. The van der Waals surface area contributed by atoms with E-state index in [1.807, 2.05) is 6.07 Å². The molecule has 1 N–H and O–H groups in total. The highest BCUT2D eigenvalue weighted by Crippen LogP contribution is 2.37. The number of carbonyl (C=O) groups is 1. The van der Waals surface area contributed by atoms with E-state index in [4.69, 9.17) is 21.1 Å². The molecule has 3 aromatic carbocycles. The van der Waals surface area contributed by atoms with Gasteiger partial charge in [-0.15, -0.1) is 0 Å². The van der Waals surface area contributed by atoms with Gasteiger partial charge in [0.15, 0.2) is 17.2 Å². The van der Waals surface area contributed by atoms with Gasteiger partial charge in [0.05, 0.1) is 17.7 Å². The van der Waals surface area contributed by atoms with Gasteiger partial charge in [-0.05, 0) is 67.4 Å². The van der Waals surface area contributed by atoms with E-state index >= 15 is 0 Å². The number of rotatable bonds is 7. The van der Waals surface area contributed by atoms with Crippen LogP contribution in [0.1, 0.15) is 12.8 Å². The maximum absolute atomic E-state index is 13.2. The SMILES string of the molecule is COc1ccccc1Oc1ccc(Cl)cc1NC(=O)C1CCN(S(=O)(=O)c2ccc(F)cc2)CC1. The highest BCUT2D eigenvalue weighted by Gasteiger charge is 2.32. The van der Waals surface area contributed by atoms with E-state index in [0.717, 1.165) is 12.1 Å². The van der Waals surface area contributed by atoms with Crippen LogP contribution in [-0.4, -0.2) is 38.8 Å². The zero-order valence-corrected chi connectivity index (χ0v) is 20.5. The van der Waals surface area contributed by atoms with Crippen molar-refractivity contribution in [3.8, 4) is 17.2 Å². The van der Waals surface area contributed by atoms with Crippen molar-refractivity contribution in [2.24, 2.45) is 5.92 Å². The molecule has 0 spiro atoms. The number of hydrogen-bond acceptors (Lipinski definition) is 5. The average molecular weight is 519 g/mol. The van der Waals surface area contributed by atoms with Crippen LogP contribution in [0.4, 0.5) is 10.1 Å². The first-order chi connectivity index (χ1) is 16.8. The van der Waals surface area contributed by atoms with E-state index in [9.17, 15) is 17.6 Å². The number of hydrogen-bond donors (Lipinski definition) is 1. The Hall–Kier alpha value is -3.14. The van der Waals surface area contributed by atoms with Gasteiger partial charge in [-0.1, -0.05) is 23.7 Å². The number of sulfonamides is 1. The number of halogens is 2. The molecule has 0 radical (unpaired) electrons. The van der Waals surface area contributed by atoms with Crippen molar-refractivity contribution in [2.45, 2.75) is 17.7 Å². The number of carbonyl (C=O) groups excluding carboxylic acids is 1. The minimum Gasteiger partial charge on any atom is -0.493 e. The molecular formula is C25H24ClFN2O5S. The summed E-state index contributed by atoms with van der Waals surface area (Å²) in [4.78, 5) is 13.1. The fourth-order valence-corrected chi connectivity index (χ4v) is 5.50. The lowest BCUT2D eigenvalue weighted by molar-refractivity contribution is -0.120. The number of benzene rings is 3. The lowest BCUT2D eigenvalue weighted by atomic mass is 9.97. The summed E-state index contributed by atoms with van der Waals surface area (Å²) in [6.45, 7) is 0.357. The van der Waals surface area contributed by atoms with Crippen LogP contribution in [0.25, 0.3) is 0 Å². The lowest BCUT2D eigenvalue weighted by Crippen LogP contribution is -2.41. The van der Waals surface area contributed by atoms with E-state index in [-0.39, 0.29) is 23.9 Å². The number of nitrogens with zero attached hydrogens (tertiary/aromatic N) is 1. The standard InChI is InChI=1S/C25H24ClFN2O5S/c1-33-23-4-2-3-5-24(23)34-22-11-6-18(26)16-21(22)28-25(30)17-12-14-29(15-13-17)35(31,32)20-9-7-19(27)8-10-20/h2-11,16-17H,12-15H2,1H3,(H,28,30). The van der Waals surface area contributed by atoms with Crippen LogP contribution < -0.4 is 14.8 Å². The fourth-order valence-electron chi connectivity index (χ4n) is 3.86. The summed E-state index contributed by atoms with van der Waals surface area (Å²) in [5.41, 5.74) is 0.398. The summed E-state index contributed by atoms with van der Waals surface area (Å²) in [5, 5.41) is 3.30. The topological polar surface area (TPSA) is 84.9 Å². The first kappa shape index (κ1) is 25.0. The summed E-state index contributed by atoms with van der Waals surface area (Å²) >= 11 is 6.16. The number of methoxy groups -OCH3 is 1. The lowest BCUT2D eigenvalue weighted by Gasteiger charge is -2.30. The van der Waals surface area contributed by atoms with E-state index in [1.54, 1.807) is 36.4 Å². The molecule has 1 aliphatic heterocycles. The second kappa shape index (κ2) is 10.6.